The van der Waals surface area contributed by atoms with Crippen LogP contribution in [0.1, 0.15) is 25.7 Å². The minimum atomic E-state index is -0.383. The van der Waals surface area contributed by atoms with Gasteiger partial charge in [0.25, 0.3) is 5.56 Å². The number of anilines is 1. The minimum Gasteiger partial charge on any atom is -0.391 e. The molecule has 0 radical (unpaired) electrons. The molecule has 1 aromatic heterocycles. The lowest BCUT2D eigenvalue weighted by atomic mass is 9.91. The summed E-state index contributed by atoms with van der Waals surface area (Å²) in [6.45, 7) is 0. The minimum absolute atomic E-state index is 0.0180. The second kappa shape index (κ2) is 5.06. The van der Waals surface area contributed by atoms with Gasteiger partial charge in [-0.1, -0.05) is 24.4 Å². The number of aliphatic hydroxyl groups is 1. The van der Waals surface area contributed by atoms with E-state index in [9.17, 15) is 9.90 Å². The Labute approximate surface area is 104 Å². The number of rotatable bonds is 2. The van der Waals surface area contributed by atoms with Gasteiger partial charge in [-0.3, -0.25) is 4.79 Å². The second-order valence-corrected chi connectivity index (χ2v) is 4.78. The summed E-state index contributed by atoms with van der Waals surface area (Å²) in [6.07, 6.45) is 4.74. The molecule has 1 saturated carbocycles. The molecule has 1 aliphatic rings. The van der Waals surface area contributed by atoms with Gasteiger partial charge in [-0.05, 0) is 12.8 Å². The van der Waals surface area contributed by atoms with Gasteiger partial charge in [0, 0.05) is 7.05 Å². The molecule has 1 aromatic rings. The van der Waals surface area contributed by atoms with E-state index < -0.39 is 0 Å². The summed E-state index contributed by atoms with van der Waals surface area (Å²) in [5.41, 5.74) is -0.353. The van der Waals surface area contributed by atoms with Gasteiger partial charge in [0.2, 0.25) is 0 Å². The van der Waals surface area contributed by atoms with Crippen molar-refractivity contribution < 1.29 is 5.11 Å². The number of hydrogen-bond acceptors (Lipinski definition) is 4. The van der Waals surface area contributed by atoms with E-state index in [1.807, 2.05) is 7.05 Å². The van der Waals surface area contributed by atoms with Crippen LogP contribution >= 0.6 is 11.6 Å². The number of hydrogen-bond donors (Lipinski definition) is 2. The van der Waals surface area contributed by atoms with Gasteiger partial charge in [-0.15, -0.1) is 0 Å². The Kier molecular flexibility index (Phi) is 3.69. The fourth-order valence-electron chi connectivity index (χ4n) is 2.32. The Hall–Kier alpha value is -1.07. The first kappa shape index (κ1) is 12.4. The van der Waals surface area contributed by atoms with E-state index in [4.69, 9.17) is 11.6 Å². The molecule has 0 bridgehead atoms. The fraction of sp³-hybridized carbons (Fsp3) is 0.636. The van der Waals surface area contributed by atoms with E-state index in [2.05, 4.69) is 9.97 Å². The summed E-state index contributed by atoms with van der Waals surface area (Å²) in [7, 11) is 1.81. The Bertz CT molecular complexity index is 449. The smallest absolute Gasteiger partial charge is 0.271 e. The first-order chi connectivity index (χ1) is 8.11. The molecule has 0 aromatic carbocycles. The third-order valence-corrected chi connectivity index (χ3v) is 3.64. The summed E-state index contributed by atoms with van der Waals surface area (Å²) >= 11 is 5.93. The molecule has 2 unspecified atom stereocenters. The molecule has 0 saturated heterocycles. The van der Waals surface area contributed by atoms with Crippen molar-refractivity contribution >= 4 is 17.4 Å². The highest BCUT2D eigenvalue weighted by molar-refractivity contribution is 6.32. The molecular weight excluding hydrogens is 242 g/mol. The maximum absolute atomic E-state index is 11.4. The molecule has 1 heterocycles. The van der Waals surface area contributed by atoms with Gasteiger partial charge < -0.3 is 15.0 Å². The van der Waals surface area contributed by atoms with Crippen LogP contribution in [0.2, 0.25) is 5.02 Å². The molecule has 2 rings (SSSR count). The topological polar surface area (TPSA) is 69.2 Å². The molecule has 1 aliphatic carbocycles. The van der Waals surface area contributed by atoms with Crippen molar-refractivity contribution in [3.63, 3.8) is 0 Å². The predicted octanol–water partition coefficient (Wildman–Crippen LogP) is 1.16. The van der Waals surface area contributed by atoms with Crippen molar-refractivity contribution in [3.05, 3.63) is 21.7 Å². The fourth-order valence-corrected chi connectivity index (χ4v) is 2.56. The monoisotopic (exact) mass is 257 g/mol. The van der Waals surface area contributed by atoms with Crippen LogP contribution in [-0.2, 0) is 0 Å². The van der Waals surface area contributed by atoms with Gasteiger partial charge in [0.15, 0.2) is 5.82 Å². The van der Waals surface area contributed by atoms with E-state index in [0.717, 1.165) is 25.7 Å². The standard InChI is InChI=1S/C11H16ClN3O2/c1-15(7-4-2-3-5-8(7)16)10-9(12)11(17)14-6-13-10/h6-8,16H,2-5H2,1H3,(H,13,14,17). The second-order valence-electron chi connectivity index (χ2n) is 4.40. The number of aromatic nitrogens is 2. The molecule has 0 spiro atoms. The summed E-state index contributed by atoms with van der Waals surface area (Å²) in [5.74, 6) is 0.432. The SMILES string of the molecule is CN(c1nc[nH]c(=O)c1Cl)C1CCCCC1O. The summed E-state index contributed by atoms with van der Waals surface area (Å²) in [6, 6.07) is -0.0180. The van der Waals surface area contributed by atoms with Crippen molar-refractivity contribution in [3.8, 4) is 0 Å². The van der Waals surface area contributed by atoms with E-state index in [1.54, 1.807) is 4.90 Å². The molecule has 6 heteroatoms. The highest BCUT2D eigenvalue weighted by atomic mass is 35.5. The van der Waals surface area contributed by atoms with Gasteiger partial charge >= 0.3 is 0 Å². The van der Waals surface area contributed by atoms with Gasteiger partial charge in [0.1, 0.15) is 5.02 Å². The van der Waals surface area contributed by atoms with Crippen molar-refractivity contribution in [2.45, 2.75) is 37.8 Å². The van der Waals surface area contributed by atoms with Gasteiger partial charge in [-0.2, -0.15) is 0 Å². The van der Waals surface area contributed by atoms with Gasteiger partial charge in [0.05, 0.1) is 18.5 Å². The number of likely N-dealkylation sites (N-methyl/N-ethyl adjacent to an activating group) is 1. The average Bonchev–Trinajstić information content (AvgIpc) is 2.32. The number of H-pyrrole nitrogens is 1. The Morgan fingerprint density at radius 1 is 1.53 bits per heavy atom. The third-order valence-electron chi connectivity index (χ3n) is 3.30. The molecule has 5 nitrogen and oxygen atoms in total. The zero-order chi connectivity index (χ0) is 12.4. The third kappa shape index (κ3) is 2.45. The van der Waals surface area contributed by atoms with Crippen molar-refractivity contribution in [1.29, 1.82) is 0 Å². The van der Waals surface area contributed by atoms with Crippen LogP contribution in [0.5, 0.6) is 0 Å². The number of nitrogens with zero attached hydrogens (tertiary/aromatic N) is 2. The quantitative estimate of drug-likeness (QED) is 0.834. The van der Waals surface area contributed by atoms with E-state index in [-0.39, 0.29) is 22.7 Å². The van der Waals surface area contributed by atoms with Crippen LogP contribution in [0.3, 0.4) is 0 Å². The van der Waals surface area contributed by atoms with Crippen LogP contribution in [0, 0.1) is 0 Å². The molecule has 1 fully saturated rings. The molecule has 94 valence electrons. The number of aromatic amines is 1. The van der Waals surface area contributed by atoms with E-state index >= 15 is 0 Å². The first-order valence-electron chi connectivity index (χ1n) is 5.75. The normalized spacial score (nSPS) is 24.6. The van der Waals surface area contributed by atoms with Crippen LogP contribution in [0.15, 0.2) is 11.1 Å². The molecule has 0 aliphatic heterocycles. The first-order valence-corrected chi connectivity index (χ1v) is 6.13. The Balaban J connectivity index is 2.26. The number of nitrogens with one attached hydrogen (secondary N) is 1. The van der Waals surface area contributed by atoms with Crippen molar-refractivity contribution in [1.82, 2.24) is 9.97 Å². The van der Waals surface area contributed by atoms with Crippen LogP contribution in [-0.4, -0.2) is 34.3 Å². The average molecular weight is 258 g/mol. The van der Waals surface area contributed by atoms with Gasteiger partial charge in [-0.25, -0.2) is 4.98 Å². The predicted molar refractivity (Wildman–Crippen MR) is 66.5 cm³/mol. The zero-order valence-electron chi connectivity index (χ0n) is 9.69. The van der Waals surface area contributed by atoms with Crippen LogP contribution in [0.25, 0.3) is 0 Å². The lowest BCUT2D eigenvalue weighted by Gasteiger charge is -2.35. The maximum atomic E-state index is 11.4. The maximum Gasteiger partial charge on any atom is 0.271 e. The Morgan fingerprint density at radius 2 is 2.24 bits per heavy atom. The van der Waals surface area contributed by atoms with Crippen molar-refractivity contribution in [2.75, 3.05) is 11.9 Å². The van der Waals surface area contributed by atoms with Crippen LogP contribution < -0.4 is 10.5 Å². The number of aliphatic hydroxyl groups excluding tert-OH is 1. The lowest BCUT2D eigenvalue weighted by Crippen LogP contribution is -2.44. The molecule has 0 amide bonds. The number of halogens is 1. The highest BCUT2D eigenvalue weighted by Gasteiger charge is 2.28. The summed E-state index contributed by atoms with van der Waals surface area (Å²) < 4.78 is 0. The molecule has 2 N–H and O–H groups in total. The molecule has 2 atom stereocenters. The van der Waals surface area contributed by atoms with E-state index in [1.165, 1.54) is 6.33 Å². The zero-order valence-corrected chi connectivity index (χ0v) is 10.4. The Morgan fingerprint density at radius 3 is 2.94 bits per heavy atom. The summed E-state index contributed by atoms with van der Waals surface area (Å²) in [5, 5.41) is 10.0. The molecular formula is C11H16ClN3O2. The lowest BCUT2D eigenvalue weighted by molar-refractivity contribution is 0.106. The van der Waals surface area contributed by atoms with E-state index in [0.29, 0.717) is 5.82 Å². The largest absolute Gasteiger partial charge is 0.391 e. The molecule has 17 heavy (non-hydrogen) atoms. The van der Waals surface area contributed by atoms with Crippen LogP contribution in [0.4, 0.5) is 5.82 Å². The van der Waals surface area contributed by atoms with Crippen molar-refractivity contribution in [2.24, 2.45) is 0 Å². The summed E-state index contributed by atoms with van der Waals surface area (Å²) in [4.78, 5) is 19.7. The highest BCUT2D eigenvalue weighted by Crippen LogP contribution is 2.27.